The molecule has 0 atom stereocenters. The molecule has 1 aliphatic rings. The van der Waals surface area contributed by atoms with Crippen LogP contribution in [0.15, 0.2) is 11.8 Å². The molecule has 5 N–H and O–H groups in total. The number of nitrogens with zero attached hydrogens (tertiary/aromatic N) is 1. The van der Waals surface area contributed by atoms with Crippen molar-refractivity contribution in [2.45, 2.75) is 39.2 Å². The average molecular weight is 284 g/mol. The first kappa shape index (κ1) is 18.4. The van der Waals surface area contributed by atoms with E-state index in [4.69, 9.17) is 16.9 Å². The Labute approximate surface area is 121 Å². The monoisotopic (exact) mass is 284 g/mol. The number of nitrogens with one attached hydrogen (secondary N) is 1. The van der Waals surface area contributed by atoms with Gasteiger partial charge in [0.1, 0.15) is 11.4 Å². The Morgan fingerprint density at radius 1 is 1.30 bits per heavy atom. The Morgan fingerprint density at radius 3 is 2.10 bits per heavy atom. The molecule has 0 aromatic heterocycles. The minimum absolute atomic E-state index is 0.0522. The smallest absolute Gasteiger partial charge is 0.293 e. The Balaban J connectivity index is 0.000000441. The molecule has 0 radical (unpaired) electrons. The summed E-state index contributed by atoms with van der Waals surface area (Å²) in [5.41, 5.74) is 11.5. The van der Waals surface area contributed by atoms with Crippen LogP contribution in [0.5, 0.6) is 0 Å². The molecule has 116 valence electrons. The first-order valence-corrected chi connectivity index (χ1v) is 6.77. The molecule has 0 unspecified atom stereocenters. The second kappa shape index (κ2) is 8.58. The number of hydrogen-bond donors (Lipinski definition) is 3. The van der Waals surface area contributed by atoms with Crippen LogP contribution in [0.1, 0.15) is 33.6 Å². The Bertz CT molecular complexity index is 340. The molecule has 1 heterocycles. The van der Waals surface area contributed by atoms with Crippen LogP contribution in [-0.2, 0) is 9.53 Å². The van der Waals surface area contributed by atoms with Crippen LogP contribution in [0.25, 0.3) is 0 Å². The lowest BCUT2D eigenvalue weighted by atomic mass is 9.93. The summed E-state index contributed by atoms with van der Waals surface area (Å²) < 4.78 is 4.55. The fraction of sp³-hybridized carbons (Fsp3) is 0.714. The van der Waals surface area contributed by atoms with Gasteiger partial charge in [0.2, 0.25) is 0 Å². The van der Waals surface area contributed by atoms with Gasteiger partial charge < -0.3 is 21.1 Å². The van der Waals surface area contributed by atoms with Crippen LogP contribution in [0, 0.1) is 11.3 Å². The predicted octanol–water partition coefficient (Wildman–Crippen LogP) is 1.06. The standard InChI is InChI=1S/C9H18N4.C5H10O2/c1-13-4-2-7(3-5-13)8(10)6-9(11)12;1-5(2,3)7-4-6/h6-7H,2-5,10H2,1H3,(H3,11,12);4H,1-3H3/b8-6-;. The molecule has 0 aliphatic carbocycles. The van der Waals surface area contributed by atoms with E-state index in [1.807, 2.05) is 20.8 Å². The Kier molecular flexibility index (Phi) is 7.91. The number of carbonyl (C=O) groups excluding carboxylic acids is 1. The molecular weight excluding hydrogens is 256 g/mol. The second-order valence-corrected chi connectivity index (χ2v) is 6.00. The molecule has 1 aliphatic heterocycles. The number of rotatable bonds is 3. The predicted molar refractivity (Wildman–Crippen MR) is 81.3 cm³/mol. The lowest BCUT2D eigenvalue weighted by Crippen LogP contribution is -2.32. The van der Waals surface area contributed by atoms with Crippen LogP contribution in [-0.4, -0.2) is 42.9 Å². The largest absolute Gasteiger partial charge is 0.462 e. The van der Waals surface area contributed by atoms with Crippen molar-refractivity contribution >= 4 is 12.3 Å². The van der Waals surface area contributed by atoms with E-state index in [0.29, 0.717) is 12.4 Å². The van der Waals surface area contributed by atoms with Gasteiger partial charge in [-0.15, -0.1) is 0 Å². The van der Waals surface area contributed by atoms with Crippen molar-refractivity contribution in [2.24, 2.45) is 17.4 Å². The van der Waals surface area contributed by atoms with Crippen molar-refractivity contribution in [3.63, 3.8) is 0 Å². The average Bonchev–Trinajstić information content (AvgIpc) is 2.28. The van der Waals surface area contributed by atoms with E-state index in [1.165, 1.54) is 0 Å². The van der Waals surface area contributed by atoms with E-state index in [1.54, 1.807) is 6.08 Å². The summed E-state index contributed by atoms with van der Waals surface area (Å²) in [6.07, 6.45) is 3.72. The third kappa shape index (κ3) is 9.38. The van der Waals surface area contributed by atoms with Crippen LogP contribution in [0.4, 0.5) is 0 Å². The Morgan fingerprint density at radius 2 is 1.80 bits per heavy atom. The number of piperidine rings is 1. The first-order valence-electron chi connectivity index (χ1n) is 6.77. The summed E-state index contributed by atoms with van der Waals surface area (Å²) in [4.78, 5) is 11.9. The lowest BCUT2D eigenvalue weighted by molar-refractivity contribution is -0.138. The number of amidine groups is 1. The fourth-order valence-corrected chi connectivity index (χ4v) is 1.78. The van der Waals surface area contributed by atoms with E-state index in [2.05, 4.69) is 16.7 Å². The van der Waals surface area contributed by atoms with Gasteiger partial charge in [0.25, 0.3) is 6.47 Å². The van der Waals surface area contributed by atoms with Gasteiger partial charge in [-0.05, 0) is 59.8 Å². The van der Waals surface area contributed by atoms with Gasteiger partial charge in [-0.25, -0.2) is 0 Å². The summed E-state index contributed by atoms with van der Waals surface area (Å²) in [5, 5.41) is 7.09. The van der Waals surface area contributed by atoms with Gasteiger partial charge >= 0.3 is 0 Å². The van der Waals surface area contributed by atoms with E-state index in [9.17, 15) is 4.79 Å². The van der Waals surface area contributed by atoms with Gasteiger partial charge in [0.05, 0.1) is 0 Å². The maximum Gasteiger partial charge on any atom is 0.293 e. The highest BCUT2D eigenvalue weighted by Crippen LogP contribution is 2.20. The summed E-state index contributed by atoms with van der Waals surface area (Å²) in [6, 6.07) is 0. The van der Waals surface area contributed by atoms with Gasteiger partial charge in [0.15, 0.2) is 0 Å². The van der Waals surface area contributed by atoms with E-state index in [0.717, 1.165) is 31.6 Å². The molecule has 20 heavy (non-hydrogen) atoms. The van der Waals surface area contributed by atoms with Crippen LogP contribution >= 0.6 is 0 Å². The minimum atomic E-state index is -0.318. The topological polar surface area (TPSA) is 105 Å². The molecule has 6 nitrogen and oxygen atoms in total. The van der Waals surface area contributed by atoms with Crippen molar-refractivity contribution < 1.29 is 9.53 Å². The zero-order chi connectivity index (χ0) is 15.8. The Hall–Kier alpha value is -1.56. The maximum atomic E-state index is 9.60. The highest BCUT2D eigenvalue weighted by atomic mass is 16.5. The van der Waals surface area contributed by atoms with Gasteiger partial charge in [0, 0.05) is 11.6 Å². The highest BCUT2D eigenvalue weighted by molar-refractivity contribution is 5.89. The summed E-state index contributed by atoms with van der Waals surface area (Å²) >= 11 is 0. The zero-order valence-corrected chi connectivity index (χ0v) is 13.0. The van der Waals surface area contributed by atoms with E-state index in [-0.39, 0.29) is 11.4 Å². The van der Waals surface area contributed by atoms with Crippen molar-refractivity contribution in [2.75, 3.05) is 20.1 Å². The van der Waals surface area contributed by atoms with Crippen molar-refractivity contribution in [3.8, 4) is 0 Å². The molecule has 1 fully saturated rings. The molecule has 0 spiro atoms. The normalized spacial score (nSPS) is 17.9. The molecule has 0 aromatic rings. The number of likely N-dealkylation sites (tertiary alicyclic amines) is 1. The number of hydrogen-bond acceptors (Lipinski definition) is 5. The van der Waals surface area contributed by atoms with Gasteiger partial charge in [-0.3, -0.25) is 10.2 Å². The second-order valence-electron chi connectivity index (χ2n) is 6.00. The summed E-state index contributed by atoms with van der Waals surface area (Å²) in [7, 11) is 2.11. The quantitative estimate of drug-likeness (QED) is 0.408. The highest BCUT2D eigenvalue weighted by Gasteiger charge is 2.18. The SMILES string of the molecule is CC(C)(C)OC=O.CN1CCC(/C(N)=C/C(=N)N)CC1. The number of ether oxygens (including phenoxy) is 1. The number of carbonyl (C=O) groups is 1. The van der Waals surface area contributed by atoms with Crippen molar-refractivity contribution in [1.29, 1.82) is 5.41 Å². The molecule has 0 bridgehead atoms. The van der Waals surface area contributed by atoms with Crippen LogP contribution in [0.2, 0.25) is 0 Å². The first-order chi connectivity index (χ1) is 9.15. The molecule has 0 saturated carbocycles. The maximum absolute atomic E-state index is 9.60. The lowest BCUT2D eigenvalue weighted by Gasteiger charge is -2.29. The summed E-state index contributed by atoms with van der Waals surface area (Å²) in [5.74, 6) is 0.469. The van der Waals surface area contributed by atoms with E-state index < -0.39 is 0 Å². The van der Waals surface area contributed by atoms with E-state index >= 15 is 0 Å². The van der Waals surface area contributed by atoms with Gasteiger partial charge in [-0.2, -0.15) is 0 Å². The van der Waals surface area contributed by atoms with Crippen LogP contribution in [0.3, 0.4) is 0 Å². The fourth-order valence-electron chi connectivity index (χ4n) is 1.78. The van der Waals surface area contributed by atoms with Gasteiger partial charge in [-0.1, -0.05) is 0 Å². The van der Waals surface area contributed by atoms with Crippen molar-refractivity contribution in [3.05, 3.63) is 11.8 Å². The minimum Gasteiger partial charge on any atom is -0.462 e. The number of allylic oxidation sites excluding steroid dienone is 1. The molecule has 0 amide bonds. The third-order valence-electron chi connectivity index (χ3n) is 2.91. The molecular formula is C14H28N4O2. The molecule has 1 rings (SSSR count). The molecule has 1 saturated heterocycles. The third-order valence-corrected chi connectivity index (χ3v) is 2.91. The number of nitrogens with two attached hydrogens (primary N) is 2. The van der Waals surface area contributed by atoms with Crippen molar-refractivity contribution in [1.82, 2.24) is 4.90 Å². The van der Waals surface area contributed by atoms with Crippen LogP contribution < -0.4 is 11.5 Å². The molecule has 6 heteroatoms. The summed E-state index contributed by atoms with van der Waals surface area (Å²) in [6.45, 7) is 8.08. The zero-order valence-electron chi connectivity index (χ0n) is 13.0. The molecule has 0 aromatic carbocycles.